The fraction of sp³-hybridized carbons (Fsp3) is 0.118. The van der Waals surface area contributed by atoms with Crippen LogP contribution >= 0.6 is 0 Å². The molecule has 0 saturated carbocycles. The first kappa shape index (κ1) is 15.4. The molecule has 0 fully saturated rings. The molecule has 0 spiro atoms. The van der Waals surface area contributed by atoms with Crippen LogP contribution in [0.1, 0.15) is 28.3 Å². The van der Waals surface area contributed by atoms with Crippen molar-refractivity contribution in [3.05, 3.63) is 70.8 Å². The highest BCUT2D eigenvalue weighted by Gasteiger charge is 2.19. The Morgan fingerprint density at radius 2 is 1.68 bits per heavy atom. The summed E-state index contributed by atoms with van der Waals surface area (Å²) in [6, 6.07) is 17.2. The number of hydrogen-bond donors (Lipinski definition) is 1. The first-order valence-electron chi connectivity index (χ1n) is 6.74. The van der Waals surface area contributed by atoms with E-state index in [4.69, 9.17) is 11.1 Å². The Labute approximate surface area is 130 Å². The smallest absolute Gasteiger partial charge is 0.136 e. The second-order valence-electron chi connectivity index (χ2n) is 4.84. The number of hydrogen-bond acceptors (Lipinski definition) is 4. The summed E-state index contributed by atoms with van der Waals surface area (Å²) >= 11 is 0. The lowest BCUT2D eigenvalue weighted by atomic mass is 9.97. The third-order valence-electron chi connectivity index (χ3n) is 3.28. The molecule has 0 aliphatic heterocycles. The Balaban J connectivity index is 2.44. The Morgan fingerprint density at radius 3 is 2.18 bits per heavy atom. The van der Waals surface area contributed by atoms with Crippen LogP contribution in [0.3, 0.4) is 0 Å². The van der Waals surface area contributed by atoms with Crippen molar-refractivity contribution in [1.82, 2.24) is 5.12 Å². The number of aryl methyl sites for hydroxylation is 1. The fourth-order valence-corrected chi connectivity index (χ4v) is 2.15. The molecule has 0 amide bonds. The van der Waals surface area contributed by atoms with Crippen molar-refractivity contribution in [2.75, 3.05) is 0 Å². The normalized spacial score (nSPS) is 11.9. The largest absolute Gasteiger partial charge is 0.251 e. The van der Waals surface area contributed by atoms with Gasteiger partial charge in [-0.1, -0.05) is 42.0 Å². The maximum Gasteiger partial charge on any atom is 0.136 e. The third-order valence-corrected chi connectivity index (χ3v) is 3.28. The first-order valence-corrected chi connectivity index (χ1v) is 6.74. The lowest BCUT2D eigenvalue weighted by Crippen LogP contribution is -2.31. The van der Waals surface area contributed by atoms with Crippen LogP contribution in [-0.4, -0.2) is 18.2 Å². The molecule has 2 rings (SSSR count). The van der Waals surface area contributed by atoms with E-state index in [9.17, 15) is 0 Å². The number of hydrazone groups is 1. The molecule has 0 heterocycles. The summed E-state index contributed by atoms with van der Waals surface area (Å²) in [4.78, 5) is 3.58. The average Bonchev–Trinajstić information content (AvgIpc) is 2.55. The Morgan fingerprint density at radius 1 is 1.14 bits per heavy atom. The number of hydrazine groups is 1. The summed E-state index contributed by atoms with van der Waals surface area (Å²) in [6.45, 7) is 5.38. The molecular formula is C17H17N5. The molecule has 0 aliphatic carbocycles. The van der Waals surface area contributed by atoms with Gasteiger partial charge in [-0.25, -0.2) is 11.0 Å². The molecule has 0 radical (unpaired) electrons. The van der Waals surface area contributed by atoms with Crippen molar-refractivity contribution in [1.29, 1.82) is 5.26 Å². The van der Waals surface area contributed by atoms with Gasteiger partial charge in [0, 0.05) is 0 Å². The maximum atomic E-state index is 8.91. The summed E-state index contributed by atoms with van der Waals surface area (Å²) < 4.78 is 0. The highest BCUT2D eigenvalue weighted by molar-refractivity contribution is 5.61. The van der Waals surface area contributed by atoms with Crippen molar-refractivity contribution in [3.63, 3.8) is 0 Å². The van der Waals surface area contributed by atoms with Crippen LogP contribution in [0.15, 0.2) is 58.6 Å². The van der Waals surface area contributed by atoms with Gasteiger partial charge in [-0.3, -0.25) is 4.99 Å². The number of nitrogens with two attached hydrogens (primary N) is 1. The maximum absolute atomic E-state index is 8.91. The Hall–Kier alpha value is -2.97. The van der Waals surface area contributed by atoms with Gasteiger partial charge in [0.25, 0.3) is 0 Å². The molecule has 2 N–H and O–H groups in total. The van der Waals surface area contributed by atoms with E-state index >= 15 is 0 Å². The highest BCUT2D eigenvalue weighted by Crippen LogP contribution is 2.27. The van der Waals surface area contributed by atoms with E-state index in [1.165, 1.54) is 17.0 Å². The van der Waals surface area contributed by atoms with Crippen molar-refractivity contribution >= 4 is 13.1 Å². The zero-order chi connectivity index (χ0) is 15.9. The van der Waals surface area contributed by atoms with Gasteiger partial charge < -0.3 is 0 Å². The van der Waals surface area contributed by atoms with Crippen molar-refractivity contribution in [2.24, 2.45) is 15.9 Å². The molecule has 110 valence electrons. The van der Waals surface area contributed by atoms with Crippen LogP contribution in [0.25, 0.3) is 0 Å². The van der Waals surface area contributed by atoms with Crippen molar-refractivity contribution < 1.29 is 0 Å². The van der Waals surface area contributed by atoms with Gasteiger partial charge in [0.2, 0.25) is 0 Å². The Kier molecular flexibility index (Phi) is 5.02. The van der Waals surface area contributed by atoms with Crippen LogP contribution in [-0.2, 0) is 0 Å². The van der Waals surface area contributed by atoms with Crippen molar-refractivity contribution in [3.8, 4) is 6.07 Å². The lowest BCUT2D eigenvalue weighted by molar-refractivity contribution is 0.245. The van der Waals surface area contributed by atoms with Crippen LogP contribution in [0.4, 0.5) is 0 Å². The minimum absolute atomic E-state index is 0.272. The first-order chi connectivity index (χ1) is 10.7. The van der Waals surface area contributed by atoms with Gasteiger partial charge in [0.15, 0.2) is 0 Å². The van der Waals surface area contributed by atoms with E-state index in [-0.39, 0.29) is 6.04 Å². The van der Waals surface area contributed by atoms with Gasteiger partial charge in [-0.15, -0.1) is 5.10 Å². The van der Waals surface area contributed by atoms with Crippen LogP contribution < -0.4 is 5.84 Å². The van der Waals surface area contributed by atoms with Crippen LogP contribution in [0.5, 0.6) is 0 Å². The van der Waals surface area contributed by atoms with E-state index < -0.39 is 0 Å². The quantitative estimate of drug-likeness (QED) is 0.398. The van der Waals surface area contributed by atoms with Gasteiger partial charge >= 0.3 is 0 Å². The molecule has 1 atom stereocenters. The van der Waals surface area contributed by atoms with Gasteiger partial charge in [0.05, 0.1) is 11.6 Å². The van der Waals surface area contributed by atoms with E-state index in [0.717, 1.165) is 11.1 Å². The zero-order valence-electron chi connectivity index (χ0n) is 12.3. The molecule has 0 aliphatic rings. The Bertz CT molecular complexity index is 695. The SMILES string of the molecule is C=N/C=N\N(N)C(c1ccc(C)cc1)c1ccc(C#N)cc1. The van der Waals surface area contributed by atoms with E-state index in [0.29, 0.717) is 5.56 Å². The summed E-state index contributed by atoms with van der Waals surface area (Å²) in [5, 5.41) is 14.3. The molecule has 5 heteroatoms. The molecule has 2 aromatic carbocycles. The highest BCUT2D eigenvalue weighted by atomic mass is 15.6. The topological polar surface area (TPSA) is 77.8 Å². The minimum Gasteiger partial charge on any atom is -0.251 e. The predicted octanol–water partition coefficient (Wildman–Crippen LogP) is 2.78. The molecule has 22 heavy (non-hydrogen) atoms. The van der Waals surface area contributed by atoms with E-state index in [1.807, 2.05) is 43.3 Å². The second kappa shape index (κ2) is 7.16. The third kappa shape index (κ3) is 3.57. The second-order valence-corrected chi connectivity index (χ2v) is 4.84. The fourth-order valence-electron chi connectivity index (χ4n) is 2.15. The molecule has 0 aromatic heterocycles. The van der Waals surface area contributed by atoms with Gasteiger partial charge in [-0.2, -0.15) is 5.26 Å². The van der Waals surface area contributed by atoms with E-state index in [1.54, 1.807) is 12.1 Å². The average molecular weight is 291 g/mol. The standard InChI is InChI=1S/C17H17N5/c1-13-3-7-15(8-4-13)17(22(19)21-12-20-2)16-9-5-14(11-18)6-10-16/h3-10,12,17H,2,19H2,1H3/b21-12-. The number of nitriles is 1. The molecule has 2 aromatic rings. The summed E-state index contributed by atoms with van der Waals surface area (Å²) in [6.07, 6.45) is 1.30. The molecule has 0 bridgehead atoms. The number of rotatable bonds is 5. The number of nitrogens with zero attached hydrogens (tertiary/aromatic N) is 4. The van der Waals surface area contributed by atoms with Gasteiger partial charge in [-0.05, 0) is 36.9 Å². The monoisotopic (exact) mass is 291 g/mol. The van der Waals surface area contributed by atoms with Crippen LogP contribution in [0.2, 0.25) is 0 Å². The summed E-state index contributed by atoms with van der Waals surface area (Å²) in [5.41, 5.74) is 3.71. The minimum atomic E-state index is -0.272. The summed E-state index contributed by atoms with van der Waals surface area (Å²) in [7, 11) is 0. The summed E-state index contributed by atoms with van der Waals surface area (Å²) in [5.74, 6) is 6.06. The number of benzene rings is 2. The van der Waals surface area contributed by atoms with Gasteiger partial charge in [0.1, 0.15) is 12.4 Å². The van der Waals surface area contributed by atoms with E-state index in [2.05, 4.69) is 22.9 Å². The van der Waals surface area contributed by atoms with Crippen molar-refractivity contribution in [2.45, 2.75) is 13.0 Å². The lowest BCUT2D eigenvalue weighted by Gasteiger charge is -2.25. The molecule has 5 nitrogen and oxygen atoms in total. The van der Waals surface area contributed by atoms with Crippen LogP contribution in [0, 0.1) is 18.3 Å². The molecule has 1 unspecified atom stereocenters. The zero-order valence-corrected chi connectivity index (χ0v) is 12.3. The predicted molar refractivity (Wildman–Crippen MR) is 88.2 cm³/mol. The number of aliphatic imine (C=N–C) groups is 1. The molecule has 0 saturated heterocycles. The molecular weight excluding hydrogens is 274 g/mol.